The molecule has 1 aliphatic carbocycles. The fourth-order valence-electron chi connectivity index (χ4n) is 3.84. The largest absolute Gasteiger partial charge is 0.490 e. The Morgan fingerprint density at radius 3 is 2.80 bits per heavy atom. The van der Waals surface area contributed by atoms with E-state index in [0.29, 0.717) is 32.1 Å². The highest BCUT2D eigenvalue weighted by molar-refractivity contribution is 7.22. The lowest BCUT2D eigenvalue weighted by molar-refractivity contribution is -0.118. The van der Waals surface area contributed by atoms with Crippen LogP contribution >= 0.6 is 11.3 Å². The number of carbonyl (C=O) groups excluding carboxylic acids is 1. The highest BCUT2D eigenvalue weighted by Crippen LogP contribution is 2.29. The monoisotopic (exact) mass is 424 g/mol. The molecule has 6 heteroatoms. The van der Waals surface area contributed by atoms with Gasteiger partial charge in [0, 0.05) is 13.5 Å². The van der Waals surface area contributed by atoms with Gasteiger partial charge in [-0.15, -0.1) is 0 Å². The minimum atomic E-state index is 0.0632. The first-order chi connectivity index (χ1) is 14.7. The maximum absolute atomic E-state index is 13.1. The Morgan fingerprint density at radius 2 is 2.00 bits per heavy atom. The molecule has 1 aromatic heterocycles. The lowest BCUT2D eigenvalue weighted by Gasteiger charge is -2.19. The highest BCUT2D eigenvalue weighted by atomic mass is 32.1. The van der Waals surface area contributed by atoms with Crippen molar-refractivity contribution in [1.29, 1.82) is 0 Å². The van der Waals surface area contributed by atoms with Gasteiger partial charge in [-0.25, -0.2) is 4.98 Å². The van der Waals surface area contributed by atoms with Gasteiger partial charge in [0.15, 0.2) is 5.13 Å². The molecule has 1 heterocycles. The quantitative estimate of drug-likeness (QED) is 0.472. The van der Waals surface area contributed by atoms with Crippen molar-refractivity contribution in [2.45, 2.75) is 44.6 Å². The summed E-state index contributed by atoms with van der Waals surface area (Å²) in [5, 5.41) is 0.733. The molecule has 0 atom stereocenters. The van der Waals surface area contributed by atoms with Crippen LogP contribution in [0.25, 0.3) is 10.2 Å². The molecule has 1 saturated carbocycles. The van der Waals surface area contributed by atoms with Crippen LogP contribution in [0.3, 0.4) is 0 Å². The van der Waals surface area contributed by atoms with Crippen molar-refractivity contribution in [3.63, 3.8) is 0 Å². The number of rotatable bonds is 9. The van der Waals surface area contributed by atoms with E-state index >= 15 is 0 Å². The molecule has 30 heavy (non-hydrogen) atoms. The number of aromatic nitrogens is 1. The van der Waals surface area contributed by atoms with Gasteiger partial charge in [-0.05, 0) is 61.9 Å². The fourth-order valence-corrected chi connectivity index (χ4v) is 4.85. The molecule has 0 saturated heterocycles. The van der Waals surface area contributed by atoms with Gasteiger partial charge >= 0.3 is 0 Å². The molecule has 0 bridgehead atoms. The third-order valence-electron chi connectivity index (χ3n) is 5.46. The summed E-state index contributed by atoms with van der Waals surface area (Å²) in [7, 11) is 1.65. The van der Waals surface area contributed by atoms with Crippen LogP contribution in [0.15, 0.2) is 48.5 Å². The second-order valence-corrected chi connectivity index (χ2v) is 8.68. The van der Waals surface area contributed by atoms with E-state index in [1.54, 1.807) is 23.3 Å². The lowest BCUT2D eigenvalue weighted by atomic mass is 10.1. The molecule has 0 unspecified atom stereocenters. The molecular formula is C24H28N2O3S. The zero-order valence-corrected chi connectivity index (χ0v) is 18.2. The van der Waals surface area contributed by atoms with E-state index in [1.165, 1.54) is 12.8 Å². The Balaban J connectivity index is 1.42. The van der Waals surface area contributed by atoms with E-state index in [0.717, 1.165) is 39.5 Å². The van der Waals surface area contributed by atoms with E-state index in [9.17, 15) is 4.79 Å². The maximum Gasteiger partial charge on any atom is 0.229 e. The second-order valence-electron chi connectivity index (χ2n) is 7.67. The number of amides is 1. The average molecular weight is 425 g/mol. The Kier molecular flexibility index (Phi) is 6.97. The van der Waals surface area contributed by atoms with Gasteiger partial charge in [-0.1, -0.05) is 35.6 Å². The first kappa shape index (κ1) is 20.8. The SMILES string of the molecule is COCCN(C(=O)CCc1cccc(OC2CCCC2)c1)c1nc2ccccc2s1. The topological polar surface area (TPSA) is 51.7 Å². The third-order valence-corrected chi connectivity index (χ3v) is 6.52. The number of fused-ring (bicyclic) bond motifs is 1. The smallest absolute Gasteiger partial charge is 0.229 e. The van der Waals surface area contributed by atoms with Gasteiger partial charge in [-0.2, -0.15) is 0 Å². The molecule has 5 nitrogen and oxygen atoms in total. The van der Waals surface area contributed by atoms with Gasteiger partial charge in [0.2, 0.25) is 5.91 Å². The minimum Gasteiger partial charge on any atom is -0.490 e. The van der Waals surface area contributed by atoms with Crippen LogP contribution in [-0.4, -0.2) is 37.3 Å². The van der Waals surface area contributed by atoms with E-state index in [4.69, 9.17) is 9.47 Å². The molecule has 1 amide bonds. The predicted octanol–water partition coefficient (Wildman–Crippen LogP) is 5.23. The van der Waals surface area contributed by atoms with Crippen LogP contribution in [0.2, 0.25) is 0 Å². The molecule has 0 N–H and O–H groups in total. The van der Waals surface area contributed by atoms with Crippen LogP contribution in [-0.2, 0) is 16.0 Å². The summed E-state index contributed by atoms with van der Waals surface area (Å²) in [6.07, 6.45) is 6.22. The summed E-state index contributed by atoms with van der Waals surface area (Å²) in [4.78, 5) is 19.5. The normalized spacial score (nSPS) is 14.3. The van der Waals surface area contributed by atoms with Crippen molar-refractivity contribution in [3.8, 4) is 5.75 Å². The van der Waals surface area contributed by atoms with Crippen LogP contribution in [0.4, 0.5) is 5.13 Å². The van der Waals surface area contributed by atoms with Gasteiger partial charge in [-0.3, -0.25) is 9.69 Å². The first-order valence-electron chi connectivity index (χ1n) is 10.6. The summed E-state index contributed by atoms with van der Waals surface area (Å²) in [6.45, 7) is 0.979. The molecular weight excluding hydrogens is 396 g/mol. The molecule has 0 aliphatic heterocycles. The average Bonchev–Trinajstić information content (AvgIpc) is 3.42. The van der Waals surface area contributed by atoms with E-state index in [-0.39, 0.29) is 5.91 Å². The van der Waals surface area contributed by atoms with Gasteiger partial charge in [0.25, 0.3) is 0 Å². The Morgan fingerprint density at radius 1 is 1.17 bits per heavy atom. The van der Waals surface area contributed by atoms with Crippen molar-refractivity contribution in [3.05, 3.63) is 54.1 Å². The van der Waals surface area contributed by atoms with Gasteiger partial charge in [0.05, 0.1) is 29.5 Å². The van der Waals surface area contributed by atoms with Crippen LogP contribution < -0.4 is 9.64 Å². The van der Waals surface area contributed by atoms with Gasteiger partial charge in [0.1, 0.15) is 5.75 Å². The fraction of sp³-hybridized carbons (Fsp3) is 0.417. The van der Waals surface area contributed by atoms with Crippen molar-refractivity contribution >= 4 is 32.6 Å². The van der Waals surface area contributed by atoms with Gasteiger partial charge < -0.3 is 9.47 Å². The summed E-state index contributed by atoms with van der Waals surface area (Å²) < 4.78 is 12.4. The second kappa shape index (κ2) is 10.0. The predicted molar refractivity (Wildman–Crippen MR) is 121 cm³/mol. The molecule has 0 radical (unpaired) electrons. The number of hydrogen-bond acceptors (Lipinski definition) is 5. The summed E-state index contributed by atoms with van der Waals surface area (Å²) in [6, 6.07) is 16.1. The molecule has 4 rings (SSSR count). The standard InChI is InChI=1S/C24H28N2O3S/c1-28-16-15-26(24-25-21-11-4-5-12-22(21)30-24)23(27)14-13-18-7-6-10-20(17-18)29-19-8-2-3-9-19/h4-7,10-12,17,19H,2-3,8-9,13-16H2,1H3. The number of hydrogen-bond donors (Lipinski definition) is 0. The van der Waals surface area contributed by atoms with Crippen LogP contribution in [0.5, 0.6) is 5.75 Å². The molecule has 0 spiro atoms. The molecule has 2 aromatic carbocycles. The first-order valence-corrected chi connectivity index (χ1v) is 11.4. The molecule has 3 aromatic rings. The van der Waals surface area contributed by atoms with Crippen LogP contribution in [0.1, 0.15) is 37.7 Å². The maximum atomic E-state index is 13.1. The summed E-state index contributed by atoms with van der Waals surface area (Å²) in [5.41, 5.74) is 2.04. The number of aryl methyl sites for hydroxylation is 1. The third kappa shape index (κ3) is 5.18. The van der Waals surface area contributed by atoms with Crippen molar-refractivity contribution in [2.24, 2.45) is 0 Å². The number of methoxy groups -OCH3 is 1. The van der Waals surface area contributed by atoms with Crippen LogP contribution in [0, 0.1) is 0 Å². The van der Waals surface area contributed by atoms with Crippen molar-refractivity contribution in [1.82, 2.24) is 4.98 Å². The van der Waals surface area contributed by atoms with Crippen molar-refractivity contribution in [2.75, 3.05) is 25.2 Å². The van der Waals surface area contributed by atoms with E-state index in [2.05, 4.69) is 17.1 Å². The molecule has 1 aliphatic rings. The Bertz CT molecular complexity index is 948. The number of carbonyl (C=O) groups is 1. The summed E-state index contributed by atoms with van der Waals surface area (Å²) >= 11 is 1.54. The number of para-hydroxylation sites is 1. The highest BCUT2D eigenvalue weighted by Gasteiger charge is 2.20. The minimum absolute atomic E-state index is 0.0632. The molecule has 158 valence electrons. The van der Waals surface area contributed by atoms with E-state index in [1.807, 2.05) is 36.4 Å². The Labute approximate surface area is 181 Å². The number of benzene rings is 2. The van der Waals surface area contributed by atoms with Crippen molar-refractivity contribution < 1.29 is 14.3 Å². The summed E-state index contributed by atoms with van der Waals surface area (Å²) in [5.74, 6) is 0.975. The Hall–Kier alpha value is -2.44. The number of anilines is 1. The van der Waals surface area contributed by atoms with E-state index < -0.39 is 0 Å². The number of nitrogens with zero attached hydrogens (tertiary/aromatic N) is 2. The number of thiazole rings is 1. The number of ether oxygens (including phenoxy) is 2. The zero-order chi connectivity index (χ0) is 20.8. The zero-order valence-electron chi connectivity index (χ0n) is 17.4. The lowest BCUT2D eigenvalue weighted by Crippen LogP contribution is -2.34. The molecule has 1 fully saturated rings.